The average molecular weight is 344 g/mol. The summed E-state index contributed by atoms with van der Waals surface area (Å²) in [5.41, 5.74) is 2.03. The Morgan fingerprint density at radius 3 is 2.04 bits per heavy atom. The first-order valence-electron chi connectivity index (χ1n) is 8.81. The van der Waals surface area contributed by atoms with Crippen molar-refractivity contribution in [1.82, 2.24) is 10.2 Å². The third kappa shape index (κ3) is 7.55. The van der Waals surface area contributed by atoms with Gasteiger partial charge in [-0.1, -0.05) is 45.0 Å². The molecule has 0 saturated heterocycles. The lowest BCUT2D eigenvalue weighted by Gasteiger charge is -2.24. The standard InChI is InChI=1S/C21H32N2O2/c1-8-23(15-18(24)22-21(5,6)7)19(25)14-11-16-9-12-17(13-10-16)20(2,3)4/h9-14H,8,15H2,1-7H3,(H,22,24). The Morgan fingerprint density at radius 1 is 1.04 bits per heavy atom. The van der Waals surface area contributed by atoms with Gasteiger partial charge in [-0.2, -0.15) is 0 Å². The van der Waals surface area contributed by atoms with E-state index in [4.69, 9.17) is 0 Å². The Hall–Kier alpha value is -2.10. The minimum absolute atomic E-state index is 0.0694. The van der Waals surface area contributed by atoms with Gasteiger partial charge in [-0.05, 0) is 50.3 Å². The van der Waals surface area contributed by atoms with Gasteiger partial charge < -0.3 is 10.2 Å². The number of likely N-dealkylation sites (N-methyl/N-ethyl adjacent to an activating group) is 1. The number of carbonyl (C=O) groups is 2. The molecule has 0 saturated carbocycles. The summed E-state index contributed by atoms with van der Waals surface area (Å²) in [7, 11) is 0. The largest absolute Gasteiger partial charge is 0.350 e. The lowest BCUT2D eigenvalue weighted by molar-refractivity contribution is -0.132. The minimum Gasteiger partial charge on any atom is -0.350 e. The maximum Gasteiger partial charge on any atom is 0.247 e. The van der Waals surface area contributed by atoms with E-state index in [-0.39, 0.29) is 29.3 Å². The Balaban J connectivity index is 2.71. The van der Waals surface area contributed by atoms with Gasteiger partial charge in [0.25, 0.3) is 0 Å². The van der Waals surface area contributed by atoms with Crippen LogP contribution in [0.15, 0.2) is 30.3 Å². The Bertz CT molecular complexity index is 617. The smallest absolute Gasteiger partial charge is 0.247 e. The number of benzene rings is 1. The molecule has 1 aromatic carbocycles. The van der Waals surface area contributed by atoms with Crippen LogP contribution in [0.25, 0.3) is 6.08 Å². The number of nitrogens with one attached hydrogen (secondary N) is 1. The fraction of sp³-hybridized carbons (Fsp3) is 0.524. The molecule has 138 valence electrons. The molecule has 0 aromatic heterocycles. The lowest BCUT2D eigenvalue weighted by Crippen LogP contribution is -2.47. The normalized spacial score (nSPS) is 12.3. The van der Waals surface area contributed by atoms with Crippen molar-refractivity contribution in [1.29, 1.82) is 0 Å². The molecule has 0 aliphatic heterocycles. The van der Waals surface area contributed by atoms with Crippen LogP contribution in [0.3, 0.4) is 0 Å². The third-order valence-electron chi connectivity index (χ3n) is 3.74. The van der Waals surface area contributed by atoms with Crippen LogP contribution in [0.5, 0.6) is 0 Å². The summed E-state index contributed by atoms with van der Waals surface area (Å²) in [6, 6.07) is 8.18. The van der Waals surface area contributed by atoms with E-state index in [1.54, 1.807) is 6.08 Å². The van der Waals surface area contributed by atoms with E-state index in [9.17, 15) is 9.59 Å². The molecule has 0 heterocycles. The first-order chi connectivity index (χ1) is 11.4. The van der Waals surface area contributed by atoms with Crippen LogP contribution >= 0.6 is 0 Å². The predicted octanol–water partition coefficient (Wildman–Crippen LogP) is 3.76. The molecule has 1 rings (SSSR count). The Kier molecular flexibility index (Phi) is 6.97. The zero-order valence-electron chi connectivity index (χ0n) is 16.6. The monoisotopic (exact) mass is 344 g/mol. The fourth-order valence-corrected chi connectivity index (χ4v) is 2.34. The van der Waals surface area contributed by atoms with Gasteiger partial charge in [0.05, 0.1) is 6.54 Å². The van der Waals surface area contributed by atoms with Crippen molar-refractivity contribution in [2.24, 2.45) is 0 Å². The van der Waals surface area contributed by atoms with E-state index in [0.29, 0.717) is 6.54 Å². The zero-order valence-corrected chi connectivity index (χ0v) is 16.6. The first kappa shape index (κ1) is 20.9. The van der Waals surface area contributed by atoms with Crippen molar-refractivity contribution in [2.45, 2.75) is 59.4 Å². The molecule has 0 spiro atoms. The van der Waals surface area contributed by atoms with Crippen LogP contribution in [0.2, 0.25) is 0 Å². The second kappa shape index (κ2) is 8.32. The van der Waals surface area contributed by atoms with Gasteiger partial charge in [-0.25, -0.2) is 0 Å². The molecular weight excluding hydrogens is 312 g/mol. The van der Waals surface area contributed by atoms with Gasteiger partial charge in [0.2, 0.25) is 11.8 Å². The SMILES string of the molecule is CCN(CC(=O)NC(C)(C)C)C(=O)C=Cc1ccc(C(C)(C)C)cc1. The molecule has 2 amide bonds. The molecule has 1 aromatic rings. The number of nitrogens with zero attached hydrogens (tertiary/aromatic N) is 1. The Morgan fingerprint density at radius 2 is 1.60 bits per heavy atom. The van der Waals surface area contributed by atoms with Crippen LogP contribution in [0.1, 0.15) is 59.6 Å². The molecule has 1 N–H and O–H groups in total. The summed E-state index contributed by atoms with van der Waals surface area (Å²) in [5.74, 6) is -0.308. The summed E-state index contributed by atoms with van der Waals surface area (Å²) in [6.45, 7) is 14.7. The predicted molar refractivity (Wildman–Crippen MR) is 104 cm³/mol. The van der Waals surface area contributed by atoms with E-state index in [1.165, 1.54) is 16.5 Å². The molecule has 4 nitrogen and oxygen atoms in total. The first-order valence-corrected chi connectivity index (χ1v) is 8.81. The van der Waals surface area contributed by atoms with Gasteiger partial charge in [0.15, 0.2) is 0 Å². The highest BCUT2D eigenvalue weighted by atomic mass is 16.2. The van der Waals surface area contributed by atoms with Crippen molar-refractivity contribution in [3.8, 4) is 0 Å². The number of hydrogen-bond donors (Lipinski definition) is 1. The second-order valence-corrected chi connectivity index (χ2v) is 8.36. The minimum atomic E-state index is -0.301. The maximum absolute atomic E-state index is 12.3. The molecule has 4 heteroatoms. The topological polar surface area (TPSA) is 49.4 Å². The van der Waals surface area contributed by atoms with Gasteiger partial charge in [0, 0.05) is 18.2 Å². The second-order valence-electron chi connectivity index (χ2n) is 8.36. The molecule has 0 radical (unpaired) electrons. The molecule has 25 heavy (non-hydrogen) atoms. The molecule has 0 aliphatic carbocycles. The summed E-state index contributed by atoms with van der Waals surface area (Å²) >= 11 is 0. The molecule has 0 aliphatic rings. The highest BCUT2D eigenvalue weighted by Gasteiger charge is 2.18. The van der Waals surface area contributed by atoms with Gasteiger partial charge in [0.1, 0.15) is 0 Å². The van der Waals surface area contributed by atoms with E-state index in [2.05, 4.69) is 38.2 Å². The van der Waals surface area contributed by atoms with Crippen LogP contribution in [-0.4, -0.2) is 35.3 Å². The van der Waals surface area contributed by atoms with Crippen LogP contribution in [-0.2, 0) is 15.0 Å². The van der Waals surface area contributed by atoms with Crippen LogP contribution in [0.4, 0.5) is 0 Å². The fourth-order valence-electron chi connectivity index (χ4n) is 2.34. The lowest BCUT2D eigenvalue weighted by atomic mass is 9.87. The highest BCUT2D eigenvalue weighted by molar-refractivity contribution is 5.94. The van der Waals surface area contributed by atoms with Crippen LogP contribution < -0.4 is 5.32 Å². The summed E-state index contributed by atoms with van der Waals surface area (Å²) in [6.07, 6.45) is 3.32. The summed E-state index contributed by atoms with van der Waals surface area (Å²) in [5, 5.41) is 2.88. The van der Waals surface area contributed by atoms with Crippen molar-refractivity contribution in [3.63, 3.8) is 0 Å². The summed E-state index contributed by atoms with van der Waals surface area (Å²) in [4.78, 5) is 25.9. The molecule has 0 fully saturated rings. The van der Waals surface area contributed by atoms with Crippen molar-refractivity contribution < 1.29 is 9.59 Å². The number of amides is 2. The number of hydrogen-bond acceptors (Lipinski definition) is 2. The average Bonchev–Trinajstić information content (AvgIpc) is 2.48. The maximum atomic E-state index is 12.3. The van der Waals surface area contributed by atoms with Gasteiger partial charge >= 0.3 is 0 Å². The molecular formula is C21H32N2O2. The van der Waals surface area contributed by atoms with Crippen molar-refractivity contribution in [2.75, 3.05) is 13.1 Å². The molecule has 0 atom stereocenters. The van der Waals surface area contributed by atoms with Crippen LogP contribution in [0, 0.1) is 0 Å². The summed E-state index contributed by atoms with van der Waals surface area (Å²) < 4.78 is 0. The van der Waals surface area contributed by atoms with E-state index in [1.807, 2.05) is 39.8 Å². The zero-order chi connectivity index (χ0) is 19.3. The third-order valence-corrected chi connectivity index (χ3v) is 3.74. The highest BCUT2D eigenvalue weighted by Crippen LogP contribution is 2.22. The Labute approximate surface area is 152 Å². The number of rotatable bonds is 5. The van der Waals surface area contributed by atoms with E-state index in [0.717, 1.165) is 5.56 Å². The molecule has 0 unspecified atom stereocenters. The number of carbonyl (C=O) groups excluding carboxylic acids is 2. The van der Waals surface area contributed by atoms with Gasteiger partial charge in [-0.3, -0.25) is 9.59 Å². The van der Waals surface area contributed by atoms with E-state index < -0.39 is 0 Å². The van der Waals surface area contributed by atoms with Gasteiger partial charge in [-0.15, -0.1) is 0 Å². The van der Waals surface area contributed by atoms with Crippen molar-refractivity contribution >= 4 is 17.9 Å². The van der Waals surface area contributed by atoms with E-state index >= 15 is 0 Å². The van der Waals surface area contributed by atoms with Crippen molar-refractivity contribution in [3.05, 3.63) is 41.5 Å². The molecule has 0 bridgehead atoms. The quantitative estimate of drug-likeness (QED) is 0.827.